The maximum atomic E-state index is 5.92. The largest absolute Gasteiger partial charge is 0.460 e. The highest BCUT2D eigenvalue weighted by Gasteiger charge is 2.25. The van der Waals surface area contributed by atoms with Crippen LogP contribution in [0.3, 0.4) is 0 Å². The number of nitrogen functional groups attached to an aromatic ring is 1. The molecular formula is C14H23N5O2. The monoisotopic (exact) mass is 293 g/mol. The van der Waals surface area contributed by atoms with Gasteiger partial charge in [-0.3, -0.25) is 0 Å². The van der Waals surface area contributed by atoms with Crippen LogP contribution in [0.2, 0.25) is 0 Å². The lowest BCUT2D eigenvalue weighted by atomic mass is 9.95. The summed E-state index contributed by atoms with van der Waals surface area (Å²) in [6.07, 6.45) is 6.76. The lowest BCUT2D eigenvalue weighted by molar-refractivity contribution is 0.0179. The highest BCUT2D eigenvalue weighted by Crippen LogP contribution is 2.25. The molecule has 2 heterocycles. The highest BCUT2D eigenvalue weighted by atomic mass is 16.5. The first-order valence-electron chi connectivity index (χ1n) is 7.70. The minimum absolute atomic E-state index is 0.0944. The Kier molecular flexibility index (Phi) is 4.38. The number of rotatable bonds is 4. The fourth-order valence-corrected chi connectivity index (χ4v) is 3.04. The van der Waals surface area contributed by atoms with Crippen LogP contribution in [0.1, 0.15) is 38.5 Å². The maximum Gasteiger partial charge on any atom is 0.323 e. The van der Waals surface area contributed by atoms with Gasteiger partial charge in [-0.1, -0.05) is 0 Å². The van der Waals surface area contributed by atoms with Gasteiger partial charge in [-0.05, 0) is 32.1 Å². The average molecular weight is 293 g/mol. The molecule has 1 aromatic rings. The molecule has 7 heteroatoms. The quantitative estimate of drug-likeness (QED) is 0.897. The van der Waals surface area contributed by atoms with Gasteiger partial charge in [-0.15, -0.1) is 0 Å². The Hall–Kier alpha value is -1.63. The molecule has 2 N–H and O–H groups in total. The molecule has 1 aliphatic heterocycles. The van der Waals surface area contributed by atoms with Crippen molar-refractivity contribution in [1.82, 2.24) is 15.0 Å². The molecule has 21 heavy (non-hydrogen) atoms. The van der Waals surface area contributed by atoms with Gasteiger partial charge in [-0.2, -0.15) is 15.0 Å². The van der Waals surface area contributed by atoms with Crippen molar-refractivity contribution < 1.29 is 9.47 Å². The van der Waals surface area contributed by atoms with Crippen molar-refractivity contribution in [2.24, 2.45) is 0 Å². The zero-order chi connectivity index (χ0) is 14.7. The Morgan fingerprint density at radius 1 is 1.05 bits per heavy atom. The lowest BCUT2D eigenvalue weighted by Crippen LogP contribution is -2.30. The molecule has 116 valence electrons. The average Bonchev–Trinajstić information content (AvgIpc) is 3.01. The number of methoxy groups -OCH3 is 1. The van der Waals surface area contributed by atoms with Gasteiger partial charge in [0, 0.05) is 26.6 Å². The summed E-state index contributed by atoms with van der Waals surface area (Å²) in [6, 6.07) is 0.339. The first-order chi connectivity index (χ1) is 10.2. The van der Waals surface area contributed by atoms with E-state index in [1.54, 1.807) is 7.11 Å². The Morgan fingerprint density at radius 2 is 1.81 bits per heavy atom. The predicted molar refractivity (Wildman–Crippen MR) is 79.4 cm³/mol. The second kappa shape index (κ2) is 6.43. The number of nitrogens with two attached hydrogens (primary N) is 1. The maximum absolute atomic E-state index is 5.92. The third-order valence-corrected chi connectivity index (χ3v) is 4.19. The van der Waals surface area contributed by atoms with E-state index in [-0.39, 0.29) is 18.2 Å². The van der Waals surface area contributed by atoms with E-state index in [4.69, 9.17) is 15.2 Å². The Bertz CT molecular complexity index is 478. The van der Waals surface area contributed by atoms with Crippen molar-refractivity contribution in [3.63, 3.8) is 0 Å². The van der Waals surface area contributed by atoms with Gasteiger partial charge < -0.3 is 20.1 Å². The third-order valence-electron chi connectivity index (χ3n) is 4.19. The van der Waals surface area contributed by atoms with Crippen LogP contribution in [0.4, 0.5) is 11.9 Å². The Balaban J connectivity index is 1.69. The Labute approximate surface area is 124 Å². The van der Waals surface area contributed by atoms with Crippen LogP contribution in [0, 0.1) is 0 Å². The van der Waals surface area contributed by atoms with Gasteiger partial charge in [0.15, 0.2) is 0 Å². The zero-order valence-electron chi connectivity index (χ0n) is 12.5. The minimum Gasteiger partial charge on any atom is -0.460 e. The molecular weight excluding hydrogens is 270 g/mol. The molecule has 2 fully saturated rings. The second-order valence-electron chi connectivity index (χ2n) is 5.73. The van der Waals surface area contributed by atoms with Crippen LogP contribution in [-0.2, 0) is 4.74 Å². The van der Waals surface area contributed by atoms with Crippen LogP contribution < -0.4 is 15.4 Å². The van der Waals surface area contributed by atoms with Gasteiger partial charge >= 0.3 is 6.01 Å². The molecule has 1 aromatic heterocycles. The summed E-state index contributed by atoms with van der Waals surface area (Å²) in [7, 11) is 1.75. The van der Waals surface area contributed by atoms with Gasteiger partial charge in [0.05, 0.1) is 6.10 Å². The molecule has 2 unspecified atom stereocenters. The topological polar surface area (TPSA) is 86.4 Å². The molecule has 1 saturated heterocycles. The normalized spacial score (nSPS) is 26.0. The lowest BCUT2D eigenvalue weighted by Gasteiger charge is -2.28. The van der Waals surface area contributed by atoms with E-state index in [0.717, 1.165) is 38.8 Å². The number of ether oxygens (including phenoxy) is 2. The molecule has 0 radical (unpaired) electrons. The van der Waals surface area contributed by atoms with Crippen LogP contribution in [0.25, 0.3) is 0 Å². The van der Waals surface area contributed by atoms with Crippen molar-refractivity contribution >= 4 is 11.9 Å². The molecule has 2 atom stereocenters. The SMILES string of the molecule is COC1CCCC(Oc2nc(N)nc(N3CCCC3)n2)C1. The van der Waals surface area contributed by atoms with E-state index >= 15 is 0 Å². The van der Waals surface area contributed by atoms with Gasteiger partial charge in [-0.25, -0.2) is 0 Å². The summed E-state index contributed by atoms with van der Waals surface area (Å²) in [4.78, 5) is 14.9. The van der Waals surface area contributed by atoms with Crippen LogP contribution in [-0.4, -0.2) is 47.4 Å². The van der Waals surface area contributed by atoms with Gasteiger partial charge in [0.2, 0.25) is 11.9 Å². The van der Waals surface area contributed by atoms with E-state index in [1.807, 2.05) is 0 Å². The molecule has 1 saturated carbocycles. The zero-order valence-corrected chi connectivity index (χ0v) is 12.5. The van der Waals surface area contributed by atoms with Crippen molar-refractivity contribution in [2.45, 2.75) is 50.7 Å². The molecule has 0 bridgehead atoms. The first-order valence-corrected chi connectivity index (χ1v) is 7.70. The third kappa shape index (κ3) is 3.53. The first kappa shape index (κ1) is 14.3. The number of hydrogen-bond donors (Lipinski definition) is 1. The molecule has 2 aliphatic rings. The summed E-state index contributed by atoms with van der Waals surface area (Å²) in [5.41, 5.74) is 5.79. The summed E-state index contributed by atoms with van der Waals surface area (Å²) < 4.78 is 11.3. The second-order valence-corrected chi connectivity index (χ2v) is 5.73. The molecule has 0 spiro atoms. The summed E-state index contributed by atoms with van der Waals surface area (Å²) in [5, 5.41) is 0. The molecule has 0 amide bonds. The van der Waals surface area contributed by atoms with Crippen molar-refractivity contribution in [1.29, 1.82) is 0 Å². The van der Waals surface area contributed by atoms with E-state index in [0.29, 0.717) is 12.0 Å². The van der Waals surface area contributed by atoms with Gasteiger partial charge in [0.25, 0.3) is 0 Å². The van der Waals surface area contributed by atoms with E-state index in [2.05, 4.69) is 19.9 Å². The van der Waals surface area contributed by atoms with E-state index < -0.39 is 0 Å². The van der Waals surface area contributed by atoms with E-state index in [1.165, 1.54) is 12.8 Å². The fraction of sp³-hybridized carbons (Fsp3) is 0.786. The highest BCUT2D eigenvalue weighted by molar-refractivity contribution is 5.36. The van der Waals surface area contributed by atoms with E-state index in [9.17, 15) is 0 Å². The van der Waals surface area contributed by atoms with Crippen LogP contribution in [0.15, 0.2) is 0 Å². The summed E-state index contributed by atoms with van der Waals surface area (Å²) in [5.74, 6) is 0.857. The number of anilines is 2. The number of hydrogen-bond acceptors (Lipinski definition) is 7. The Morgan fingerprint density at radius 3 is 2.57 bits per heavy atom. The van der Waals surface area contributed by atoms with Crippen molar-refractivity contribution in [3.8, 4) is 6.01 Å². The number of nitrogens with zero attached hydrogens (tertiary/aromatic N) is 4. The van der Waals surface area contributed by atoms with Crippen LogP contribution in [0.5, 0.6) is 6.01 Å². The predicted octanol–water partition coefficient (Wildman–Crippen LogP) is 1.39. The molecule has 7 nitrogen and oxygen atoms in total. The van der Waals surface area contributed by atoms with Gasteiger partial charge in [0.1, 0.15) is 6.10 Å². The summed E-state index contributed by atoms with van der Waals surface area (Å²) in [6.45, 7) is 1.94. The molecule has 0 aromatic carbocycles. The molecule has 1 aliphatic carbocycles. The smallest absolute Gasteiger partial charge is 0.323 e. The minimum atomic E-state index is 0.0944. The van der Waals surface area contributed by atoms with Crippen molar-refractivity contribution in [2.75, 3.05) is 30.8 Å². The van der Waals surface area contributed by atoms with Crippen molar-refractivity contribution in [3.05, 3.63) is 0 Å². The number of aromatic nitrogens is 3. The fourth-order valence-electron chi connectivity index (χ4n) is 3.04. The molecule has 3 rings (SSSR count). The van der Waals surface area contributed by atoms with Crippen LogP contribution >= 0.6 is 0 Å². The standard InChI is InChI=1S/C14H23N5O2/c1-20-10-5-4-6-11(9-10)21-14-17-12(15)16-13(18-14)19-7-2-3-8-19/h10-11H,2-9H2,1H3,(H2,15,16,17,18). The summed E-state index contributed by atoms with van der Waals surface area (Å²) >= 11 is 0.